The van der Waals surface area contributed by atoms with Crippen LogP contribution in [0.25, 0.3) is 10.8 Å². The van der Waals surface area contributed by atoms with Crippen molar-refractivity contribution >= 4 is 16.7 Å². The highest BCUT2D eigenvalue weighted by Crippen LogP contribution is 2.44. The Labute approximate surface area is 127 Å². The minimum Gasteiger partial charge on any atom is -0.446 e. The van der Waals surface area contributed by atoms with Gasteiger partial charge in [0.25, 0.3) is 0 Å². The van der Waals surface area contributed by atoms with E-state index in [4.69, 9.17) is 4.74 Å². The number of carbonyl (C=O) groups is 1. The molecule has 1 atom stereocenters. The summed E-state index contributed by atoms with van der Waals surface area (Å²) in [5.41, 5.74) is 1.28. The molecule has 0 N–H and O–H groups in total. The van der Waals surface area contributed by atoms with E-state index in [0.717, 1.165) is 16.5 Å². The molecule has 0 radical (unpaired) electrons. The molecule has 108 valence electrons. The summed E-state index contributed by atoms with van der Waals surface area (Å²) in [6.45, 7) is 1.86. The summed E-state index contributed by atoms with van der Waals surface area (Å²) in [4.78, 5) is 12.2. The molecule has 3 aromatic rings. The molecule has 0 fully saturated rings. The Morgan fingerprint density at radius 1 is 0.864 bits per heavy atom. The van der Waals surface area contributed by atoms with Gasteiger partial charge in [-0.1, -0.05) is 48.5 Å². The van der Waals surface area contributed by atoms with Gasteiger partial charge in [0.05, 0.1) is 5.56 Å². The van der Waals surface area contributed by atoms with E-state index < -0.39 is 5.60 Å². The van der Waals surface area contributed by atoms with Crippen LogP contribution >= 0.6 is 0 Å². The molecular formula is C19H13FO2. The zero-order valence-electron chi connectivity index (χ0n) is 12.0. The summed E-state index contributed by atoms with van der Waals surface area (Å²) in [5.74, 6) is -0.618. The Kier molecular flexibility index (Phi) is 2.61. The van der Waals surface area contributed by atoms with Crippen LogP contribution in [-0.2, 0) is 10.3 Å². The lowest BCUT2D eigenvalue weighted by molar-refractivity contribution is 0.0185. The molecule has 1 heterocycles. The number of ether oxygens (including phenoxy) is 1. The topological polar surface area (TPSA) is 26.3 Å². The molecule has 22 heavy (non-hydrogen) atoms. The first kappa shape index (κ1) is 13.0. The van der Waals surface area contributed by atoms with E-state index in [0.29, 0.717) is 10.9 Å². The molecule has 3 aromatic carbocycles. The molecule has 0 aliphatic carbocycles. The van der Waals surface area contributed by atoms with Gasteiger partial charge >= 0.3 is 5.97 Å². The van der Waals surface area contributed by atoms with Gasteiger partial charge in [-0.05, 0) is 24.4 Å². The molecule has 2 nitrogen and oxygen atoms in total. The van der Waals surface area contributed by atoms with Crippen LogP contribution in [0.1, 0.15) is 28.4 Å². The van der Waals surface area contributed by atoms with Crippen molar-refractivity contribution in [2.75, 3.05) is 0 Å². The van der Waals surface area contributed by atoms with Crippen molar-refractivity contribution in [3.05, 3.63) is 83.2 Å². The van der Waals surface area contributed by atoms with E-state index in [-0.39, 0.29) is 11.8 Å². The third kappa shape index (κ3) is 1.62. The van der Waals surface area contributed by atoms with Crippen molar-refractivity contribution in [2.45, 2.75) is 12.5 Å². The van der Waals surface area contributed by atoms with Crippen LogP contribution in [0.15, 0.2) is 60.7 Å². The van der Waals surface area contributed by atoms with E-state index in [1.807, 2.05) is 37.3 Å². The predicted octanol–water partition coefficient (Wildman–Crippen LogP) is 4.41. The maximum absolute atomic E-state index is 14.0. The maximum atomic E-state index is 14.0. The number of carbonyl (C=O) groups excluding carboxylic acids is 1. The van der Waals surface area contributed by atoms with E-state index in [1.165, 1.54) is 6.07 Å². The molecule has 3 heteroatoms. The normalized spacial score (nSPS) is 20.0. The van der Waals surface area contributed by atoms with Gasteiger partial charge in [-0.25, -0.2) is 9.18 Å². The second-order valence-corrected chi connectivity index (χ2v) is 5.61. The molecule has 1 aliphatic rings. The van der Waals surface area contributed by atoms with Crippen LogP contribution in [0.4, 0.5) is 4.39 Å². The van der Waals surface area contributed by atoms with Crippen LogP contribution in [0.2, 0.25) is 0 Å². The van der Waals surface area contributed by atoms with Crippen LogP contribution in [-0.4, -0.2) is 5.97 Å². The summed E-state index contributed by atoms with van der Waals surface area (Å²) in [5, 5.41) is 1.29. The van der Waals surface area contributed by atoms with Crippen LogP contribution in [0, 0.1) is 5.82 Å². The highest BCUT2D eigenvalue weighted by Gasteiger charge is 2.43. The van der Waals surface area contributed by atoms with Gasteiger partial charge in [0.2, 0.25) is 0 Å². The lowest BCUT2D eigenvalue weighted by Crippen LogP contribution is -2.24. The molecule has 0 saturated heterocycles. The Balaban J connectivity index is 2.05. The van der Waals surface area contributed by atoms with E-state index in [2.05, 4.69) is 0 Å². The average Bonchev–Trinajstić information content (AvgIpc) is 2.80. The fourth-order valence-electron chi connectivity index (χ4n) is 3.25. The van der Waals surface area contributed by atoms with Crippen molar-refractivity contribution in [3.8, 4) is 0 Å². The Morgan fingerprint density at radius 3 is 2.36 bits per heavy atom. The SMILES string of the molecule is C[C@@]1(c2ccc(F)c3ccccc23)OC(=O)c2ccccc21. The summed E-state index contributed by atoms with van der Waals surface area (Å²) >= 11 is 0. The zero-order chi connectivity index (χ0) is 15.3. The summed E-state index contributed by atoms with van der Waals surface area (Å²) < 4.78 is 19.7. The Hall–Kier alpha value is -2.68. The van der Waals surface area contributed by atoms with E-state index >= 15 is 0 Å². The largest absolute Gasteiger partial charge is 0.446 e. The second-order valence-electron chi connectivity index (χ2n) is 5.61. The van der Waals surface area contributed by atoms with Gasteiger partial charge in [-0.3, -0.25) is 0 Å². The summed E-state index contributed by atoms with van der Waals surface area (Å²) in [6.07, 6.45) is 0. The maximum Gasteiger partial charge on any atom is 0.339 e. The summed E-state index contributed by atoms with van der Waals surface area (Å²) in [7, 11) is 0. The van der Waals surface area contributed by atoms with Crippen molar-refractivity contribution in [1.29, 1.82) is 0 Å². The molecule has 0 spiro atoms. The first-order valence-electron chi connectivity index (χ1n) is 7.12. The van der Waals surface area contributed by atoms with Gasteiger partial charge in [-0.15, -0.1) is 0 Å². The smallest absolute Gasteiger partial charge is 0.339 e. The van der Waals surface area contributed by atoms with Crippen LogP contribution in [0.5, 0.6) is 0 Å². The average molecular weight is 292 g/mol. The monoisotopic (exact) mass is 292 g/mol. The van der Waals surface area contributed by atoms with Gasteiger partial charge in [-0.2, -0.15) is 0 Å². The van der Waals surface area contributed by atoms with E-state index in [1.54, 1.807) is 24.3 Å². The predicted molar refractivity (Wildman–Crippen MR) is 82.2 cm³/mol. The standard InChI is InChI=1S/C19H13FO2/c1-19(15-9-5-4-8-14(15)18(21)22-19)16-10-11-17(20)13-7-3-2-6-12(13)16/h2-11H,1H3/t19-/m1/s1. The molecule has 4 rings (SSSR count). The third-order valence-corrected chi connectivity index (χ3v) is 4.34. The molecule has 0 bridgehead atoms. The quantitative estimate of drug-likeness (QED) is 0.621. The minimum absolute atomic E-state index is 0.277. The van der Waals surface area contributed by atoms with Gasteiger partial charge in [0, 0.05) is 16.5 Å². The highest BCUT2D eigenvalue weighted by molar-refractivity contribution is 5.97. The lowest BCUT2D eigenvalue weighted by Gasteiger charge is -2.26. The lowest BCUT2D eigenvalue weighted by atomic mass is 9.84. The van der Waals surface area contributed by atoms with E-state index in [9.17, 15) is 9.18 Å². The first-order chi connectivity index (χ1) is 10.6. The number of benzene rings is 3. The van der Waals surface area contributed by atoms with Crippen molar-refractivity contribution < 1.29 is 13.9 Å². The third-order valence-electron chi connectivity index (χ3n) is 4.34. The second kappa shape index (κ2) is 4.41. The van der Waals surface area contributed by atoms with Crippen molar-refractivity contribution in [1.82, 2.24) is 0 Å². The number of hydrogen-bond acceptors (Lipinski definition) is 2. The Bertz CT molecular complexity index is 916. The minimum atomic E-state index is -0.902. The van der Waals surface area contributed by atoms with Crippen molar-refractivity contribution in [2.24, 2.45) is 0 Å². The number of esters is 1. The highest BCUT2D eigenvalue weighted by atomic mass is 19.1. The van der Waals surface area contributed by atoms with Crippen LogP contribution < -0.4 is 0 Å². The molecule has 0 aromatic heterocycles. The number of halogens is 1. The Morgan fingerprint density at radius 2 is 1.55 bits per heavy atom. The number of fused-ring (bicyclic) bond motifs is 2. The fraction of sp³-hybridized carbons (Fsp3) is 0.105. The number of cyclic esters (lactones) is 1. The van der Waals surface area contributed by atoms with Crippen LogP contribution in [0.3, 0.4) is 0 Å². The van der Waals surface area contributed by atoms with Gasteiger partial charge in [0.1, 0.15) is 5.82 Å². The molecular weight excluding hydrogens is 279 g/mol. The zero-order valence-corrected chi connectivity index (χ0v) is 12.0. The molecule has 0 amide bonds. The first-order valence-corrected chi connectivity index (χ1v) is 7.12. The number of hydrogen-bond donors (Lipinski definition) is 0. The molecule has 1 aliphatic heterocycles. The summed E-state index contributed by atoms with van der Waals surface area (Å²) in [6, 6.07) is 17.7. The van der Waals surface area contributed by atoms with Crippen molar-refractivity contribution in [3.63, 3.8) is 0 Å². The fourth-order valence-corrected chi connectivity index (χ4v) is 3.25. The van der Waals surface area contributed by atoms with Gasteiger partial charge < -0.3 is 4.74 Å². The molecule has 0 unspecified atom stereocenters. The number of rotatable bonds is 1. The molecule has 0 saturated carbocycles. The van der Waals surface area contributed by atoms with Gasteiger partial charge in [0.15, 0.2) is 5.60 Å².